The summed E-state index contributed by atoms with van der Waals surface area (Å²) in [5.41, 5.74) is 1.96. The zero-order valence-corrected chi connectivity index (χ0v) is 17.2. The summed E-state index contributed by atoms with van der Waals surface area (Å²) >= 11 is 0. The number of piperazine rings is 1. The van der Waals surface area contributed by atoms with E-state index < -0.39 is 10.0 Å². The Bertz CT molecular complexity index is 1060. The lowest BCUT2D eigenvalue weighted by molar-refractivity contribution is 0.565. The number of para-hydroxylation sites is 1. The number of benzene rings is 1. The van der Waals surface area contributed by atoms with Gasteiger partial charge in [-0.3, -0.25) is 0 Å². The molecule has 0 amide bonds. The number of hydrogen-bond acceptors (Lipinski definition) is 7. The predicted molar refractivity (Wildman–Crippen MR) is 114 cm³/mol. The molecule has 1 aromatic carbocycles. The largest absolute Gasteiger partial charge is 0.368 e. The third-order valence-corrected chi connectivity index (χ3v) is 6.54. The van der Waals surface area contributed by atoms with Gasteiger partial charge in [-0.05, 0) is 19.1 Å². The lowest BCUT2D eigenvalue weighted by Crippen LogP contribution is -2.46. The van der Waals surface area contributed by atoms with E-state index in [2.05, 4.69) is 53.9 Å². The molecule has 29 heavy (non-hydrogen) atoms. The standard InChI is InChI=1S/C19H25N7O2S/c1-2-29(27,28)23-8-9-26-19-17(14-22-26)18(20-15-21-19)25-12-10-24(11-13-25)16-6-4-3-5-7-16/h3-7,14-15,23H,2,8-13H2,1H3. The molecule has 0 saturated carbocycles. The highest BCUT2D eigenvalue weighted by atomic mass is 32.2. The van der Waals surface area contributed by atoms with Gasteiger partial charge in [0.05, 0.1) is 23.9 Å². The van der Waals surface area contributed by atoms with Crippen LogP contribution in [-0.2, 0) is 16.6 Å². The molecule has 4 rings (SSSR count). The van der Waals surface area contributed by atoms with Gasteiger partial charge in [-0.2, -0.15) is 5.10 Å². The molecule has 1 aliphatic heterocycles. The van der Waals surface area contributed by atoms with Crippen LogP contribution in [0.25, 0.3) is 11.0 Å². The number of rotatable bonds is 7. The molecule has 1 aliphatic rings. The maximum Gasteiger partial charge on any atom is 0.211 e. The first-order valence-electron chi connectivity index (χ1n) is 9.76. The van der Waals surface area contributed by atoms with Crippen LogP contribution in [0, 0.1) is 0 Å². The molecule has 154 valence electrons. The monoisotopic (exact) mass is 415 g/mol. The van der Waals surface area contributed by atoms with Gasteiger partial charge in [0, 0.05) is 38.4 Å². The number of nitrogens with zero attached hydrogens (tertiary/aromatic N) is 6. The molecular formula is C19H25N7O2S. The summed E-state index contributed by atoms with van der Waals surface area (Å²) in [6, 6.07) is 10.4. The number of sulfonamides is 1. The molecule has 0 unspecified atom stereocenters. The maximum absolute atomic E-state index is 11.6. The van der Waals surface area contributed by atoms with E-state index in [4.69, 9.17) is 0 Å². The Morgan fingerprint density at radius 3 is 2.48 bits per heavy atom. The molecule has 10 heteroatoms. The second-order valence-electron chi connectivity index (χ2n) is 6.91. The van der Waals surface area contributed by atoms with Gasteiger partial charge in [0.1, 0.15) is 12.1 Å². The van der Waals surface area contributed by atoms with Crippen molar-refractivity contribution in [3.05, 3.63) is 42.9 Å². The average molecular weight is 416 g/mol. The normalized spacial score (nSPS) is 15.2. The molecule has 1 fully saturated rings. The molecule has 1 saturated heterocycles. The van der Waals surface area contributed by atoms with E-state index in [1.54, 1.807) is 24.1 Å². The number of nitrogens with one attached hydrogen (secondary N) is 1. The number of anilines is 2. The van der Waals surface area contributed by atoms with Crippen LogP contribution < -0.4 is 14.5 Å². The number of aromatic nitrogens is 4. The SMILES string of the molecule is CCS(=O)(=O)NCCn1ncc2c(N3CCN(c4ccccc4)CC3)ncnc21. The molecule has 0 bridgehead atoms. The highest BCUT2D eigenvalue weighted by molar-refractivity contribution is 7.89. The van der Waals surface area contributed by atoms with E-state index in [1.165, 1.54) is 5.69 Å². The van der Waals surface area contributed by atoms with Crippen molar-refractivity contribution in [2.24, 2.45) is 0 Å². The highest BCUT2D eigenvalue weighted by Crippen LogP contribution is 2.25. The maximum atomic E-state index is 11.6. The first kappa shape index (κ1) is 19.6. The van der Waals surface area contributed by atoms with Gasteiger partial charge in [0.25, 0.3) is 0 Å². The van der Waals surface area contributed by atoms with Crippen molar-refractivity contribution in [1.82, 2.24) is 24.5 Å². The van der Waals surface area contributed by atoms with E-state index >= 15 is 0 Å². The molecule has 0 radical (unpaired) electrons. The predicted octanol–water partition coefficient (Wildman–Crippen LogP) is 1.09. The fourth-order valence-electron chi connectivity index (χ4n) is 3.52. The van der Waals surface area contributed by atoms with Crippen molar-refractivity contribution in [3.63, 3.8) is 0 Å². The van der Waals surface area contributed by atoms with Gasteiger partial charge in [0.15, 0.2) is 5.65 Å². The van der Waals surface area contributed by atoms with Gasteiger partial charge in [-0.1, -0.05) is 18.2 Å². The zero-order chi connectivity index (χ0) is 20.3. The molecule has 9 nitrogen and oxygen atoms in total. The summed E-state index contributed by atoms with van der Waals surface area (Å²) < 4.78 is 27.5. The average Bonchev–Trinajstić information content (AvgIpc) is 3.18. The highest BCUT2D eigenvalue weighted by Gasteiger charge is 2.21. The minimum Gasteiger partial charge on any atom is -0.368 e. The zero-order valence-electron chi connectivity index (χ0n) is 16.4. The molecule has 0 spiro atoms. The van der Waals surface area contributed by atoms with Gasteiger partial charge in [0.2, 0.25) is 10.0 Å². The molecule has 3 aromatic rings. The Labute approximate surface area is 170 Å². The third kappa shape index (κ3) is 4.33. The summed E-state index contributed by atoms with van der Waals surface area (Å²) in [5, 5.41) is 5.29. The van der Waals surface area contributed by atoms with Crippen LogP contribution in [0.3, 0.4) is 0 Å². The Balaban J connectivity index is 1.46. The smallest absolute Gasteiger partial charge is 0.211 e. The second-order valence-corrected chi connectivity index (χ2v) is 9.01. The van der Waals surface area contributed by atoms with Crippen molar-refractivity contribution in [2.75, 3.05) is 48.3 Å². The van der Waals surface area contributed by atoms with Crippen molar-refractivity contribution in [3.8, 4) is 0 Å². The van der Waals surface area contributed by atoms with Crippen LogP contribution in [-0.4, -0.2) is 66.6 Å². The number of hydrogen-bond donors (Lipinski definition) is 1. The van der Waals surface area contributed by atoms with E-state index in [-0.39, 0.29) is 12.3 Å². The van der Waals surface area contributed by atoms with Crippen molar-refractivity contribution in [2.45, 2.75) is 13.5 Å². The van der Waals surface area contributed by atoms with Crippen LogP contribution in [0.5, 0.6) is 0 Å². The Kier molecular flexibility index (Phi) is 5.63. The van der Waals surface area contributed by atoms with Gasteiger partial charge in [-0.15, -0.1) is 0 Å². The number of fused-ring (bicyclic) bond motifs is 1. The van der Waals surface area contributed by atoms with Crippen LogP contribution in [0.4, 0.5) is 11.5 Å². The van der Waals surface area contributed by atoms with Gasteiger partial charge in [-0.25, -0.2) is 27.8 Å². The van der Waals surface area contributed by atoms with Crippen molar-refractivity contribution < 1.29 is 8.42 Å². The molecule has 0 aliphatic carbocycles. The van der Waals surface area contributed by atoms with Crippen LogP contribution in [0.1, 0.15) is 6.92 Å². The minimum absolute atomic E-state index is 0.0636. The van der Waals surface area contributed by atoms with Crippen LogP contribution in [0.15, 0.2) is 42.9 Å². The van der Waals surface area contributed by atoms with E-state index in [0.29, 0.717) is 6.54 Å². The molecule has 3 heterocycles. The molecule has 2 aromatic heterocycles. The summed E-state index contributed by atoms with van der Waals surface area (Å²) in [6.45, 7) is 5.88. The van der Waals surface area contributed by atoms with Gasteiger partial charge >= 0.3 is 0 Å². The first-order valence-corrected chi connectivity index (χ1v) is 11.4. The summed E-state index contributed by atoms with van der Waals surface area (Å²) in [7, 11) is -3.22. The fraction of sp³-hybridized carbons (Fsp3) is 0.421. The quantitative estimate of drug-likeness (QED) is 0.617. The first-order chi connectivity index (χ1) is 14.1. The lowest BCUT2D eigenvalue weighted by atomic mass is 10.2. The topological polar surface area (TPSA) is 96.2 Å². The molecule has 1 N–H and O–H groups in total. The van der Waals surface area contributed by atoms with Crippen molar-refractivity contribution >= 4 is 32.6 Å². The summed E-state index contributed by atoms with van der Waals surface area (Å²) in [5.74, 6) is 0.941. The minimum atomic E-state index is -3.22. The molecule has 0 atom stereocenters. The van der Waals surface area contributed by atoms with E-state index in [9.17, 15) is 8.42 Å². The van der Waals surface area contributed by atoms with E-state index in [0.717, 1.165) is 43.0 Å². The Morgan fingerprint density at radius 1 is 1.03 bits per heavy atom. The van der Waals surface area contributed by atoms with Gasteiger partial charge < -0.3 is 9.80 Å². The van der Waals surface area contributed by atoms with Crippen LogP contribution >= 0.6 is 0 Å². The van der Waals surface area contributed by atoms with Crippen molar-refractivity contribution in [1.29, 1.82) is 0 Å². The lowest BCUT2D eigenvalue weighted by Gasteiger charge is -2.36. The Morgan fingerprint density at radius 2 is 1.76 bits per heavy atom. The molecular weight excluding hydrogens is 390 g/mol. The summed E-state index contributed by atoms with van der Waals surface area (Å²) in [6.07, 6.45) is 3.32. The third-order valence-electron chi connectivity index (χ3n) is 5.14. The fourth-order valence-corrected chi connectivity index (χ4v) is 4.13. The van der Waals surface area contributed by atoms with E-state index in [1.807, 2.05) is 6.07 Å². The van der Waals surface area contributed by atoms with Crippen LogP contribution in [0.2, 0.25) is 0 Å². The Hall–Kier alpha value is -2.72. The summed E-state index contributed by atoms with van der Waals surface area (Å²) in [4.78, 5) is 13.5. The second kappa shape index (κ2) is 8.34.